The van der Waals surface area contributed by atoms with Crippen molar-refractivity contribution < 1.29 is 36.0 Å². The summed E-state index contributed by atoms with van der Waals surface area (Å²) < 4.78 is 0. The second-order valence-corrected chi connectivity index (χ2v) is 61.2. The average Bonchev–Trinajstić information content (AvgIpc) is 0.722. The Labute approximate surface area is 86.8 Å². The first kappa shape index (κ1) is 39.2. The zero-order valence-corrected chi connectivity index (χ0v) is 13.0. The van der Waals surface area contributed by atoms with Gasteiger partial charge in [-0.15, -0.1) is 0 Å². The van der Waals surface area contributed by atoms with Gasteiger partial charge in [0, 0.05) is 0 Å². The van der Waals surface area contributed by atoms with Gasteiger partial charge in [0.15, 0.2) is 0 Å². The molecule has 0 fully saturated rings. The molecule has 0 saturated carbocycles. The summed E-state index contributed by atoms with van der Waals surface area (Å²) in [6, 6.07) is 0. The standard InChI is InChI=1S/4BrH.Nb.5H2O/h4*1H;;5*1H2/q;;;;+4;;;;;/p-4. The first-order chi connectivity index (χ1) is 2.00. The Morgan fingerprint density at radius 3 is 0.500 bits per heavy atom. The molecule has 0 spiro atoms. The van der Waals surface area contributed by atoms with Gasteiger partial charge in [-0.3, -0.25) is 0 Å². The molecule has 0 saturated heterocycles. The van der Waals surface area contributed by atoms with E-state index in [9.17, 15) is 0 Å². The van der Waals surface area contributed by atoms with E-state index in [0.29, 0.717) is 0 Å². The first-order valence-electron chi connectivity index (χ1n) is 0.676. The molecule has 0 aromatic heterocycles. The van der Waals surface area contributed by atoms with Gasteiger partial charge < -0.3 is 27.4 Å². The van der Waals surface area contributed by atoms with Crippen LogP contribution in [0.25, 0.3) is 0 Å². The Morgan fingerprint density at radius 2 is 0.500 bits per heavy atom. The number of rotatable bonds is 0. The van der Waals surface area contributed by atoms with Gasteiger partial charge in [-0.2, -0.15) is 0 Å². The van der Waals surface area contributed by atoms with Crippen molar-refractivity contribution in [3.8, 4) is 0 Å². The van der Waals surface area contributed by atoms with Crippen LogP contribution in [0.3, 0.4) is 0 Å². The van der Waals surface area contributed by atoms with Crippen LogP contribution >= 0.6 is 52.1 Å². The van der Waals surface area contributed by atoms with E-state index in [0.717, 1.165) is 0 Å². The maximum absolute atomic E-state index is 3.32. The normalized spacial score (nSPS) is 6.00. The van der Waals surface area contributed by atoms with Gasteiger partial charge in [0.2, 0.25) is 0 Å². The van der Waals surface area contributed by atoms with Gasteiger partial charge in [-0.1, -0.05) is 0 Å². The molecule has 5 nitrogen and oxygen atoms in total. The van der Waals surface area contributed by atoms with Crippen LogP contribution in [-0.2, 0) is 8.59 Å². The Bertz CT molecular complexity index is 29.1. The minimum absolute atomic E-state index is 0. The van der Waals surface area contributed by atoms with Gasteiger partial charge in [-0.05, 0) is 0 Å². The molecule has 0 unspecified atom stereocenters. The van der Waals surface area contributed by atoms with Gasteiger partial charge in [0.05, 0.1) is 0 Å². The molecule has 0 bridgehead atoms. The zero-order valence-electron chi connectivity index (χ0n) is 4.46. The van der Waals surface area contributed by atoms with Crippen LogP contribution in [-0.4, -0.2) is 27.4 Å². The molecule has 0 aliphatic heterocycles. The van der Waals surface area contributed by atoms with Gasteiger partial charge in [0.1, 0.15) is 0 Å². The summed E-state index contributed by atoms with van der Waals surface area (Å²) >= 11 is 13.3. The molecular formula is H10Br4NbO5. The Hall–Kier alpha value is 2.46. The Morgan fingerprint density at radius 1 is 0.500 bits per heavy atom. The zero-order chi connectivity index (χ0) is 4.50. The van der Waals surface area contributed by atoms with Crippen molar-refractivity contribution in [1.29, 1.82) is 0 Å². The van der Waals surface area contributed by atoms with E-state index < -0.39 is 8.59 Å². The van der Waals surface area contributed by atoms with Gasteiger partial charge in [-0.25, -0.2) is 0 Å². The number of hydrogen-bond donors (Lipinski definition) is 0. The SMILES string of the molecule is O.O.O.O.O.[Br][Nb]([Br])([Br])[Br]. The summed E-state index contributed by atoms with van der Waals surface area (Å²) in [4.78, 5) is 0. The predicted molar refractivity (Wildman–Crippen MR) is 53.8 cm³/mol. The third kappa shape index (κ3) is 155. The summed E-state index contributed by atoms with van der Waals surface area (Å²) in [5.74, 6) is 0. The van der Waals surface area contributed by atoms with E-state index in [1.54, 1.807) is 0 Å². The van der Waals surface area contributed by atoms with Crippen LogP contribution in [0.2, 0.25) is 0 Å². The molecule has 0 rings (SSSR count). The van der Waals surface area contributed by atoms with Crippen molar-refractivity contribution in [2.24, 2.45) is 0 Å². The number of hydrogen-bond acceptors (Lipinski definition) is 0. The molecule has 0 aromatic carbocycles. The summed E-state index contributed by atoms with van der Waals surface area (Å²) in [7, 11) is -1.85. The first-order valence-corrected chi connectivity index (χ1v) is 20.8. The molecule has 10 heavy (non-hydrogen) atoms. The van der Waals surface area contributed by atoms with Crippen LogP contribution in [0.15, 0.2) is 0 Å². The molecule has 0 atom stereocenters. The van der Waals surface area contributed by atoms with Gasteiger partial charge >= 0.3 is 60.7 Å². The molecule has 10 N–H and O–H groups in total. The molecular weight excluding hydrogens is 493 g/mol. The summed E-state index contributed by atoms with van der Waals surface area (Å²) in [6.45, 7) is 0. The summed E-state index contributed by atoms with van der Waals surface area (Å²) in [5, 5.41) is 0. The molecule has 0 heterocycles. The second-order valence-electron chi connectivity index (χ2n) is 0.383. The minimum atomic E-state index is -1.85. The molecule has 0 aliphatic rings. The second kappa shape index (κ2) is 17.5. The third-order valence-electron chi connectivity index (χ3n) is 0. The fraction of sp³-hybridized carbons (Fsp3) is 0. The van der Waals surface area contributed by atoms with Crippen LogP contribution < -0.4 is 0 Å². The third-order valence-corrected chi connectivity index (χ3v) is 0. The van der Waals surface area contributed by atoms with Crippen LogP contribution in [0.5, 0.6) is 0 Å². The maximum atomic E-state index is 3.32. The predicted octanol–water partition coefficient (Wildman–Crippen LogP) is -0.744. The van der Waals surface area contributed by atoms with Crippen molar-refractivity contribution in [1.82, 2.24) is 0 Å². The van der Waals surface area contributed by atoms with Crippen LogP contribution in [0.4, 0.5) is 0 Å². The monoisotopic (exact) mass is 499 g/mol. The fourth-order valence-electron chi connectivity index (χ4n) is 0. The van der Waals surface area contributed by atoms with Crippen molar-refractivity contribution in [2.45, 2.75) is 0 Å². The molecule has 73 valence electrons. The van der Waals surface area contributed by atoms with E-state index in [-0.39, 0.29) is 27.4 Å². The van der Waals surface area contributed by atoms with E-state index in [1.165, 1.54) is 0 Å². The Kier molecular flexibility index (Phi) is 68.7. The molecule has 0 radical (unpaired) electrons. The molecule has 0 aromatic rings. The van der Waals surface area contributed by atoms with E-state index >= 15 is 0 Å². The summed E-state index contributed by atoms with van der Waals surface area (Å²) in [5.41, 5.74) is 0. The fourth-order valence-corrected chi connectivity index (χ4v) is 0. The van der Waals surface area contributed by atoms with Gasteiger partial charge in [0.25, 0.3) is 0 Å². The average molecular weight is 503 g/mol. The van der Waals surface area contributed by atoms with Crippen LogP contribution in [0, 0.1) is 0 Å². The van der Waals surface area contributed by atoms with Crippen molar-refractivity contribution in [3.63, 3.8) is 0 Å². The molecule has 10 heteroatoms. The van der Waals surface area contributed by atoms with E-state index in [1.807, 2.05) is 0 Å². The van der Waals surface area contributed by atoms with Crippen molar-refractivity contribution in [3.05, 3.63) is 0 Å². The quantitative estimate of drug-likeness (QED) is 0.382. The van der Waals surface area contributed by atoms with Crippen molar-refractivity contribution in [2.75, 3.05) is 0 Å². The summed E-state index contributed by atoms with van der Waals surface area (Å²) in [6.07, 6.45) is 0. The van der Waals surface area contributed by atoms with E-state index in [4.69, 9.17) is 0 Å². The topological polar surface area (TPSA) is 158 Å². The molecule has 0 amide bonds. The molecule has 0 aliphatic carbocycles. The van der Waals surface area contributed by atoms with Crippen molar-refractivity contribution >= 4 is 52.1 Å². The number of halogens is 4. The van der Waals surface area contributed by atoms with Crippen LogP contribution in [0.1, 0.15) is 0 Å². The Balaban J connectivity index is -0.00000000800. The van der Waals surface area contributed by atoms with E-state index in [2.05, 4.69) is 52.1 Å².